The summed E-state index contributed by atoms with van der Waals surface area (Å²) in [5.41, 5.74) is 1.47. The average Bonchev–Trinajstić information content (AvgIpc) is 3.25. The molecule has 9 heteroatoms. The van der Waals surface area contributed by atoms with E-state index >= 15 is 0 Å². The molecule has 0 saturated heterocycles. The number of carbonyl (C=O) groups excluding carboxylic acids is 1. The first-order chi connectivity index (χ1) is 14.5. The Morgan fingerprint density at radius 1 is 1.10 bits per heavy atom. The highest BCUT2D eigenvalue weighted by Gasteiger charge is 2.27. The Hall–Kier alpha value is -3.23. The Labute approximate surface area is 172 Å². The predicted octanol–water partition coefficient (Wildman–Crippen LogP) is 3.82. The van der Waals surface area contributed by atoms with Crippen LogP contribution in [0.5, 0.6) is 0 Å². The van der Waals surface area contributed by atoms with Crippen molar-refractivity contribution in [3.8, 4) is 11.6 Å². The second kappa shape index (κ2) is 8.64. The molecule has 0 radical (unpaired) electrons. The molecule has 2 aromatic heterocycles. The van der Waals surface area contributed by atoms with Crippen LogP contribution in [0.25, 0.3) is 11.6 Å². The van der Waals surface area contributed by atoms with E-state index < -0.39 is 17.5 Å². The Bertz CT molecular complexity index is 1030. The van der Waals surface area contributed by atoms with Crippen molar-refractivity contribution in [2.75, 3.05) is 6.54 Å². The van der Waals surface area contributed by atoms with Crippen molar-refractivity contribution >= 4 is 5.91 Å². The van der Waals surface area contributed by atoms with Gasteiger partial charge in [0.05, 0.1) is 11.9 Å². The second-order valence-corrected chi connectivity index (χ2v) is 7.55. The topological polar surface area (TPSA) is 93.8 Å². The summed E-state index contributed by atoms with van der Waals surface area (Å²) >= 11 is 0. The van der Waals surface area contributed by atoms with Crippen LogP contribution in [0.4, 0.5) is 8.78 Å². The van der Waals surface area contributed by atoms with Crippen LogP contribution in [0.3, 0.4) is 0 Å². The smallest absolute Gasteiger partial charge is 0.267 e. The number of hydrogen-bond acceptors (Lipinski definition) is 6. The summed E-state index contributed by atoms with van der Waals surface area (Å²) in [6, 6.07) is 3.14. The van der Waals surface area contributed by atoms with Gasteiger partial charge in [0.1, 0.15) is 5.69 Å². The second-order valence-electron chi connectivity index (χ2n) is 7.55. The molecular weight excluding hydrogens is 392 g/mol. The molecule has 4 rings (SSSR count). The molecular formula is C21H21F2N5O2. The molecule has 1 aliphatic carbocycles. The van der Waals surface area contributed by atoms with Gasteiger partial charge in [-0.05, 0) is 56.7 Å². The van der Waals surface area contributed by atoms with Crippen LogP contribution in [0.2, 0.25) is 0 Å². The number of nitrogens with one attached hydrogen (secondary N) is 1. The summed E-state index contributed by atoms with van der Waals surface area (Å²) in [6.07, 6.45) is 6.79. The Morgan fingerprint density at radius 2 is 1.90 bits per heavy atom. The molecule has 7 nitrogen and oxygen atoms in total. The van der Waals surface area contributed by atoms with Gasteiger partial charge in [0.25, 0.3) is 11.8 Å². The zero-order valence-electron chi connectivity index (χ0n) is 16.4. The number of halogens is 2. The maximum absolute atomic E-state index is 13.3. The molecule has 1 amide bonds. The van der Waals surface area contributed by atoms with Crippen molar-refractivity contribution in [1.82, 2.24) is 25.5 Å². The minimum Gasteiger partial charge on any atom is -0.419 e. The van der Waals surface area contributed by atoms with Crippen molar-refractivity contribution in [1.29, 1.82) is 0 Å². The molecule has 30 heavy (non-hydrogen) atoms. The number of rotatable bonds is 5. The molecule has 1 N–H and O–H groups in total. The SMILES string of the molecule is Cc1cnc(-c2nnc(C3CCC(CNC(=O)c4ccc(F)c(F)c4)CC3)o2)cn1. The van der Waals surface area contributed by atoms with E-state index in [1.807, 2.05) is 6.92 Å². The van der Waals surface area contributed by atoms with E-state index in [0.29, 0.717) is 29.9 Å². The Balaban J connectivity index is 1.28. The fourth-order valence-corrected chi connectivity index (χ4v) is 3.60. The molecule has 1 aromatic carbocycles. The van der Waals surface area contributed by atoms with Crippen LogP contribution in [-0.4, -0.2) is 32.6 Å². The minimum atomic E-state index is -1.03. The van der Waals surface area contributed by atoms with E-state index in [9.17, 15) is 13.6 Å². The van der Waals surface area contributed by atoms with Crippen LogP contribution in [0.1, 0.15) is 53.5 Å². The summed E-state index contributed by atoms with van der Waals surface area (Å²) in [4.78, 5) is 20.6. The number of aromatic nitrogens is 4. The normalized spacial score (nSPS) is 18.9. The van der Waals surface area contributed by atoms with E-state index in [4.69, 9.17) is 4.42 Å². The lowest BCUT2D eigenvalue weighted by atomic mass is 9.82. The van der Waals surface area contributed by atoms with Gasteiger partial charge in [-0.2, -0.15) is 0 Å². The number of hydrogen-bond donors (Lipinski definition) is 1. The standard InChI is InChI=1S/C21H21F2N5O2/c1-12-9-25-18(11-24-12)21-28-27-20(30-21)14-4-2-13(3-5-14)10-26-19(29)15-6-7-16(22)17(23)8-15/h6-9,11,13-14H,2-5,10H2,1H3,(H,26,29). The number of nitrogens with zero attached hydrogens (tertiary/aromatic N) is 4. The lowest BCUT2D eigenvalue weighted by molar-refractivity contribution is 0.0941. The van der Waals surface area contributed by atoms with E-state index in [0.717, 1.165) is 43.5 Å². The van der Waals surface area contributed by atoms with Crippen LogP contribution in [0.15, 0.2) is 35.0 Å². The average molecular weight is 413 g/mol. The first-order valence-corrected chi connectivity index (χ1v) is 9.85. The maximum Gasteiger partial charge on any atom is 0.267 e. The van der Waals surface area contributed by atoms with Crippen molar-refractivity contribution in [2.24, 2.45) is 5.92 Å². The third kappa shape index (κ3) is 4.50. The first kappa shape index (κ1) is 20.1. The van der Waals surface area contributed by atoms with Gasteiger partial charge >= 0.3 is 0 Å². The van der Waals surface area contributed by atoms with Gasteiger partial charge in [0, 0.05) is 24.2 Å². The van der Waals surface area contributed by atoms with Crippen LogP contribution in [-0.2, 0) is 0 Å². The summed E-state index contributed by atoms with van der Waals surface area (Å²) < 4.78 is 32.1. The minimum absolute atomic E-state index is 0.111. The Kier molecular flexibility index (Phi) is 5.78. The fraction of sp³-hybridized carbons (Fsp3) is 0.381. The van der Waals surface area contributed by atoms with Gasteiger partial charge in [-0.3, -0.25) is 9.78 Å². The van der Waals surface area contributed by atoms with Gasteiger partial charge in [0.2, 0.25) is 5.89 Å². The van der Waals surface area contributed by atoms with Crippen LogP contribution < -0.4 is 5.32 Å². The molecule has 0 bridgehead atoms. The largest absolute Gasteiger partial charge is 0.419 e. The van der Waals surface area contributed by atoms with E-state index in [1.165, 1.54) is 6.07 Å². The van der Waals surface area contributed by atoms with E-state index in [-0.39, 0.29) is 11.5 Å². The highest BCUT2D eigenvalue weighted by atomic mass is 19.2. The van der Waals surface area contributed by atoms with Crippen molar-refractivity contribution in [2.45, 2.75) is 38.5 Å². The lowest BCUT2D eigenvalue weighted by Gasteiger charge is -2.26. The molecule has 2 heterocycles. The molecule has 0 spiro atoms. The number of amides is 1. The van der Waals surface area contributed by atoms with Crippen LogP contribution >= 0.6 is 0 Å². The van der Waals surface area contributed by atoms with Crippen LogP contribution in [0, 0.1) is 24.5 Å². The van der Waals surface area contributed by atoms with Crippen molar-refractivity contribution in [3.63, 3.8) is 0 Å². The van der Waals surface area contributed by atoms with Gasteiger partial charge < -0.3 is 9.73 Å². The third-order valence-corrected chi connectivity index (χ3v) is 5.37. The van der Waals surface area contributed by atoms with Gasteiger partial charge in [-0.15, -0.1) is 10.2 Å². The summed E-state index contributed by atoms with van der Waals surface area (Å²) in [7, 11) is 0. The summed E-state index contributed by atoms with van der Waals surface area (Å²) in [5, 5.41) is 11.1. The zero-order chi connectivity index (χ0) is 21.1. The fourth-order valence-electron chi connectivity index (χ4n) is 3.60. The van der Waals surface area contributed by atoms with E-state index in [1.54, 1.807) is 12.4 Å². The third-order valence-electron chi connectivity index (χ3n) is 5.37. The Morgan fingerprint density at radius 3 is 2.60 bits per heavy atom. The number of carbonyl (C=O) groups is 1. The maximum atomic E-state index is 13.3. The highest BCUT2D eigenvalue weighted by Crippen LogP contribution is 2.35. The molecule has 1 aliphatic rings. The van der Waals surface area contributed by atoms with Crippen molar-refractivity contribution < 1.29 is 18.0 Å². The van der Waals surface area contributed by atoms with Gasteiger partial charge in [-0.1, -0.05) is 0 Å². The van der Waals surface area contributed by atoms with Gasteiger partial charge in [-0.25, -0.2) is 13.8 Å². The zero-order valence-corrected chi connectivity index (χ0v) is 16.4. The molecule has 3 aromatic rings. The molecule has 0 atom stereocenters. The molecule has 0 unspecified atom stereocenters. The van der Waals surface area contributed by atoms with Gasteiger partial charge in [0.15, 0.2) is 11.6 Å². The summed E-state index contributed by atoms with van der Waals surface area (Å²) in [5.74, 6) is -0.974. The van der Waals surface area contributed by atoms with Crippen molar-refractivity contribution in [3.05, 3.63) is 59.4 Å². The first-order valence-electron chi connectivity index (χ1n) is 9.85. The molecule has 1 saturated carbocycles. The highest BCUT2D eigenvalue weighted by molar-refractivity contribution is 5.94. The number of benzene rings is 1. The van der Waals surface area contributed by atoms with E-state index in [2.05, 4.69) is 25.5 Å². The summed E-state index contributed by atoms with van der Waals surface area (Å²) in [6.45, 7) is 2.34. The molecule has 1 fully saturated rings. The molecule has 0 aliphatic heterocycles. The predicted molar refractivity (Wildman–Crippen MR) is 103 cm³/mol. The monoisotopic (exact) mass is 413 g/mol. The number of aryl methyl sites for hydroxylation is 1. The lowest BCUT2D eigenvalue weighted by Crippen LogP contribution is -2.31. The quantitative estimate of drug-likeness (QED) is 0.684. The molecule has 156 valence electrons.